The van der Waals surface area contributed by atoms with E-state index in [4.69, 9.17) is 21.1 Å². The van der Waals surface area contributed by atoms with Crippen molar-refractivity contribution < 1.29 is 9.47 Å². The minimum absolute atomic E-state index is 0. The first-order valence-electron chi connectivity index (χ1n) is 17.5. The van der Waals surface area contributed by atoms with Crippen LogP contribution in [0, 0.1) is 18.3 Å². The van der Waals surface area contributed by atoms with Gasteiger partial charge in [0.1, 0.15) is 17.8 Å². The van der Waals surface area contributed by atoms with Crippen LogP contribution in [-0.4, -0.2) is 68.0 Å². The van der Waals surface area contributed by atoms with Crippen molar-refractivity contribution in [2.24, 2.45) is 0 Å². The lowest BCUT2D eigenvalue weighted by atomic mass is 10.0. The SMILES string of the molecule is C.Cc1ccccc1-c1cc2cnc(NC3CCOCC3)nc2n(CC#N)c1=O.O=c1[nH]c2nc(NC3CCOCC3)ncc2cc1-c1ccccc1Cl. The third-order valence-corrected chi connectivity index (χ3v) is 9.69. The molecule has 2 aliphatic heterocycles. The Balaban J connectivity index is 0.000000182. The van der Waals surface area contributed by atoms with Crippen LogP contribution < -0.4 is 21.8 Å². The molecule has 2 aromatic carbocycles. The molecule has 4 aromatic heterocycles. The Bertz CT molecular complexity index is 2410. The van der Waals surface area contributed by atoms with Crippen LogP contribution in [0.2, 0.25) is 5.02 Å². The molecule has 0 aliphatic carbocycles. The monoisotopic (exact) mass is 747 g/mol. The lowest BCUT2D eigenvalue weighted by molar-refractivity contribution is 0.0902. The zero-order valence-corrected chi connectivity index (χ0v) is 29.9. The summed E-state index contributed by atoms with van der Waals surface area (Å²) in [7, 11) is 0. The fraction of sp³-hybridized carbons (Fsp3) is 0.325. The maximum Gasteiger partial charge on any atom is 0.261 e. The highest BCUT2D eigenvalue weighted by molar-refractivity contribution is 6.33. The molecule has 0 spiro atoms. The van der Waals surface area contributed by atoms with Crippen molar-refractivity contribution in [1.82, 2.24) is 29.5 Å². The number of benzene rings is 2. The first-order valence-corrected chi connectivity index (χ1v) is 17.9. The summed E-state index contributed by atoms with van der Waals surface area (Å²) in [5.74, 6) is 0.981. The van der Waals surface area contributed by atoms with Gasteiger partial charge in [-0.1, -0.05) is 61.5 Å². The quantitative estimate of drug-likeness (QED) is 0.158. The molecule has 2 fully saturated rings. The molecule has 0 saturated carbocycles. The molecule has 278 valence electrons. The lowest BCUT2D eigenvalue weighted by Crippen LogP contribution is -2.29. The van der Waals surface area contributed by atoms with Gasteiger partial charge in [-0.3, -0.25) is 14.2 Å². The Morgan fingerprint density at radius 2 is 1.39 bits per heavy atom. The predicted molar refractivity (Wildman–Crippen MR) is 212 cm³/mol. The van der Waals surface area contributed by atoms with Crippen LogP contribution in [0.3, 0.4) is 0 Å². The number of pyridine rings is 2. The second kappa shape index (κ2) is 17.4. The first kappa shape index (κ1) is 38.1. The maximum absolute atomic E-state index is 13.1. The third-order valence-electron chi connectivity index (χ3n) is 9.36. The second-order valence-corrected chi connectivity index (χ2v) is 13.4. The van der Waals surface area contributed by atoms with Crippen molar-refractivity contribution in [2.75, 3.05) is 37.1 Å². The first-order chi connectivity index (χ1) is 25.9. The van der Waals surface area contributed by atoms with Gasteiger partial charge in [-0.25, -0.2) is 9.97 Å². The molecular formula is C40H42ClN9O4. The topological polar surface area (TPSA) is 173 Å². The number of nitrogens with zero attached hydrogens (tertiary/aromatic N) is 6. The molecule has 14 heteroatoms. The van der Waals surface area contributed by atoms with Gasteiger partial charge in [-0.2, -0.15) is 15.2 Å². The number of ether oxygens (including phenoxy) is 2. The van der Waals surface area contributed by atoms with E-state index in [1.807, 2.05) is 55.5 Å². The average molecular weight is 748 g/mol. The largest absolute Gasteiger partial charge is 0.381 e. The number of aryl methyl sites for hydroxylation is 1. The third kappa shape index (κ3) is 8.58. The van der Waals surface area contributed by atoms with E-state index < -0.39 is 0 Å². The summed E-state index contributed by atoms with van der Waals surface area (Å²) in [4.78, 5) is 46.2. The van der Waals surface area contributed by atoms with Crippen LogP contribution in [0.4, 0.5) is 11.9 Å². The normalized spacial score (nSPS) is 14.8. The van der Waals surface area contributed by atoms with Crippen molar-refractivity contribution >= 4 is 45.6 Å². The summed E-state index contributed by atoms with van der Waals surface area (Å²) in [5, 5.41) is 17.9. The Labute approximate surface area is 317 Å². The molecule has 6 aromatic rings. The molecule has 8 rings (SSSR count). The van der Waals surface area contributed by atoms with Crippen molar-refractivity contribution in [2.45, 2.75) is 58.7 Å². The molecule has 3 N–H and O–H groups in total. The molecular weight excluding hydrogens is 706 g/mol. The van der Waals surface area contributed by atoms with Crippen molar-refractivity contribution in [3.63, 3.8) is 0 Å². The molecule has 0 atom stereocenters. The minimum atomic E-state index is -0.226. The van der Waals surface area contributed by atoms with E-state index in [1.54, 1.807) is 24.5 Å². The van der Waals surface area contributed by atoms with E-state index in [1.165, 1.54) is 4.57 Å². The van der Waals surface area contributed by atoms with Crippen LogP contribution in [0.5, 0.6) is 0 Å². The van der Waals surface area contributed by atoms with Crippen LogP contribution in [0.1, 0.15) is 38.7 Å². The number of rotatable bonds is 7. The molecule has 2 aliphatic rings. The van der Waals surface area contributed by atoms with E-state index in [-0.39, 0.29) is 31.1 Å². The number of hydrogen-bond acceptors (Lipinski definition) is 11. The number of fused-ring (bicyclic) bond motifs is 2. The number of hydrogen-bond donors (Lipinski definition) is 3. The summed E-state index contributed by atoms with van der Waals surface area (Å²) < 4.78 is 12.2. The van der Waals surface area contributed by atoms with E-state index in [0.29, 0.717) is 64.2 Å². The fourth-order valence-corrected chi connectivity index (χ4v) is 6.74. The van der Waals surface area contributed by atoms with Gasteiger partial charge in [-0.05, 0) is 61.9 Å². The van der Waals surface area contributed by atoms with E-state index >= 15 is 0 Å². The number of aromatic amines is 1. The van der Waals surface area contributed by atoms with E-state index in [2.05, 4.69) is 41.6 Å². The number of halogens is 1. The van der Waals surface area contributed by atoms with Gasteiger partial charge in [0.05, 0.1) is 6.07 Å². The Kier molecular flexibility index (Phi) is 12.3. The van der Waals surface area contributed by atoms with Gasteiger partial charge in [0, 0.05) is 83.4 Å². The van der Waals surface area contributed by atoms with Gasteiger partial charge in [0.25, 0.3) is 11.1 Å². The summed E-state index contributed by atoms with van der Waals surface area (Å²) in [5.41, 5.74) is 4.12. The molecule has 0 unspecified atom stereocenters. The molecule has 0 bridgehead atoms. The summed E-state index contributed by atoms with van der Waals surface area (Å²) in [6, 6.07) is 21.2. The number of nitriles is 1. The number of anilines is 2. The average Bonchev–Trinajstić information content (AvgIpc) is 3.17. The number of nitrogens with one attached hydrogen (secondary N) is 3. The number of H-pyrrole nitrogens is 1. The molecule has 13 nitrogen and oxygen atoms in total. The zero-order valence-electron chi connectivity index (χ0n) is 29.1. The Morgan fingerprint density at radius 3 is 2.02 bits per heavy atom. The van der Waals surface area contributed by atoms with E-state index in [0.717, 1.165) is 60.8 Å². The van der Waals surface area contributed by atoms with Gasteiger partial charge in [-0.15, -0.1) is 0 Å². The predicted octanol–water partition coefficient (Wildman–Crippen LogP) is 6.75. The lowest BCUT2D eigenvalue weighted by Gasteiger charge is -2.23. The van der Waals surface area contributed by atoms with Gasteiger partial charge < -0.3 is 25.1 Å². The van der Waals surface area contributed by atoms with Crippen LogP contribution in [-0.2, 0) is 16.0 Å². The summed E-state index contributed by atoms with van der Waals surface area (Å²) >= 11 is 6.21. The second-order valence-electron chi connectivity index (χ2n) is 12.9. The molecule has 54 heavy (non-hydrogen) atoms. The number of aromatic nitrogens is 6. The molecule has 0 amide bonds. The molecule has 6 heterocycles. The van der Waals surface area contributed by atoms with Crippen molar-refractivity contribution in [3.8, 4) is 28.3 Å². The van der Waals surface area contributed by atoms with Crippen LogP contribution in [0.15, 0.2) is 82.6 Å². The van der Waals surface area contributed by atoms with E-state index in [9.17, 15) is 14.9 Å². The van der Waals surface area contributed by atoms with Crippen molar-refractivity contribution in [3.05, 3.63) is 104 Å². The maximum atomic E-state index is 13.1. The van der Waals surface area contributed by atoms with Gasteiger partial charge in [0.2, 0.25) is 11.9 Å². The van der Waals surface area contributed by atoms with Crippen LogP contribution in [0.25, 0.3) is 44.3 Å². The van der Waals surface area contributed by atoms with Gasteiger partial charge in [0.15, 0.2) is 0 Å². The standard InChI is InChI=1S/C21H21N5O2.C18H17ClN4O2.CH4/c1-14-4-2-3-5-17(14)18-12-15-13-23-21(24-16-6-10-28-11-7-16)25-19(15)26(9-8-22)20(18)27;19-15-4-2-1-3-13(15)14-9-11-10-20-18(23-16(11)22-17(14)24)21-12-5-7-25-8-6-12;/h2-5,12-13,16H,6-7,9-11H2,1H3,(H,23,24,25);1-4,9-10,12H,5-8H2,(H2,20,21,22,23,24);1H4. The summed E-state index contributed by atoms with van der Waals surface area (Å²) in [6.45, 7) is 4.80. The minimum Gasteiger partial charge on any atom is -0.381 e. The molecule has 2 saturated heterocycles. The van der Waals surface area contributed by atoms with Crippen LogP contribution >= 0.6 is 11.6 Å². The van der Waals surface area contributed by atoms with Crippen molar-refractivity contribution in [1.29, 1.82) is 5.26 Å². The highest BCUT2D eigenvalue weighted by Crippen LogP contribution is 2.27. The smallest absolute Gasteiger partial charge is 0.261 e. The highest BCUT2D eigenvalue weighted by atomic mass is 35.5. The Morgan fingerprint density at radius 1 is 0.815 bits per heavy atom. The summed E-state index contributed by atoms with van der Waals surface area (Å²) in [6.07, 6.45) is 7.03. The fourth-order valence-electron chi connectivity index (χ4n) is 6.51. The highest BCUT2D eigenvalue weighted by Gasteiger charge is 2.18. The zero-order chi connectivity index (χ0) is 36.7. The van der Waals surface area contributed by atoms with Gasteiger partial charge >= 0.3 is 0 Å². The Hall–Kier alpha value is -5.68. The molecule has 0 radical (unpaired) electrons.